The van der Waals surface area contributed by atoms with Gasteiger partial charge in [0.15, 0.2) is 0 Å². The molecular weight excluding hydrogens is 433 g/mol. The van der Waals surface area contributed by atoms with Crippen LogP contribution in [0.15, 0.2) is 23.1 Å². The standard InChI is InChI=1S/C18H24ClF3N2O4S/c1-17(2,3)28-16(25)23-11-13-6-4-5-9-24(13)29(26,27)15-8-7-12(19)10-14(15)18(20,21)22/h7-8,10,13H,4-6,9,11H2,1-3H3,(H,23,25). The van der Waals surface area contributed by atoms with Gasteiger partial charge in [0.05, 0.1) is 10.5 Å². The highest BCUT2D eigenvalue weighted by Crippen LogP contribution is 2.38. The van der Waals surface area contributed by atoms with Crippen LogP contribution >= 0.6 is 11.6 Å². The molecule has 1 aromatic rings. The second-order valence-electron chi connectivity index (χ2n) is 7.79. The van der Waals surface area contributed by atoms with Crippen molar-refractivity contribution in [2.24, 2.45) is 0 Å². The van der Waals surface area contributed by atoms with Crippen LogP contribution in [0.3, 0.4) is 0 Å². The zero-order valence-corrected chi connectivity index (χ0v) is 17.9. The number of nitrogens with one attached hydrogen (secondary N) is 1. The average Bonchev–Trinajstić information content (AvgIpc) is 2.57. The van der Waals surface area contributed by atoms with Gasteiger partial charge in [-0.2, -0.15) is 17.5 Å². The minimum Gasteiger partial charge on any atom is -0.444 e. The minimum atomic E-state index is -4.88. The summed E-state index contributed by atoms with van der Waals surface area (Å²) in [6, 6.07) is 1.90. The summed E-state index contributed by atoms with van der Waals surface area (Å²) in [6.07, 6.45) is -3.99. The van der Waals surface area contributed by atoms with E-state index < -0.39 is 44.4 Å². The van der Waals surface area contributed by atoms with E-state index in [-0.39, 0.29) is 18.1 Å². The number of halogens is 4. The molecule has 1 aliphatic heterocycles. The molecule has 29 heavy (non-hydrogen) atoms. The fraction of sp³-hybridized carbons (Fsp3) is 0.611. The predicted molar refractivity (Wildman–Crippen MR) is 102 cm³/mol. The molecule has 0 aromatic heterocycles. The van der Waals surface area contributed by atoms with Crippen molar-refractivity contribution in [2.75, 3.05) is 13.1 Å². The van der Waals surface area contributed by atoms with Gasteiger partial charge in [0.1, 0.15) is 5.60 Å². The molecule has 1 N–H and O–H groups in total. The number of carbonyl (C=O) groups excluding carboxylic acids is 1. The van der Waals surface area contributed by atoms with E-state index in [1.54, 1.807) is 20.8 Å². The van der Waals surface area contributed by atoms with E-state index in [4.69, 9.17) is 16.3 Å². The van der Waals surface area contributed by atoms with Crippen molar-refractivity contribution in [3.8, 4) is 0 Å². The van der Waals surface area contributed by atoms with E-state index in [1.807, 2.05) is 0 Å². The van der Waals surface area contributed by atoms with Gasteiger partial charge >= 0.3 is 12.3 Å². The Hall–Kier alpha value is -1.52. The van der Waals surface area contributed by atoms with Crippen LogP contribution in [0.5, 0.6) is 0 Å². The number of amides is 1. The number of hydrogen-bond acceptors (Lipinski definition) is 4. The number of piperidine rings is 1. The molecule has 1 amide bonds. The second-order valence-corrected chi connectivity index (χ2v) is 10.1. The summed E-state index contributed by atoms with van der Waals surface area (Å²) in [6.45, 7) is 5.04. The molecule has 2 rings (SSSR count). The van der Waals surface area contributed by atoms with Gasteiger partial charge in [-0.25, -0.2) is 13.2 Å². The lowest BCUT2D eigenvalue weighted by Crippen LogP contribution is -2.50. The number of rotatable bonds is 4. The number of alkyl carbamates (subject to hydrolysis) is 1. The van der Waals surface area contributed by atoms with E-state index in [0.717, 1.165) is 16.4 Å². The molecule has 1 aromatic carbocycles. The van der Waals surface area contributed by atoms with Crippen LogP contribution < -0.4 is 5.32 Å². The molecule has 1 saturated heterocycles. The lowest BCUT2D eigenvalue weighted by molar-refractivity contribution is -0.139. The van der Waals surface area contributed by atoms with Crippen molar-refractivity contribution >= 4 is 27.7 Å². The van der Waals surface area contributed by atoms with E-state index in [1.165, 1.54) is 0 Å². The third-order valence-electron chi connectivity index (χ3n) is 4.29. The van der Waals surface area contributed by atoms with E-state index in [9.17, 15) is 26.4 Å². The van der Waals surface area contributed by atoms with Gasteiger partial charge in [0, 0.05) is 24.2 Å². The predicted octanol–water partition coefficient (Wildman–Crippen LogP) is 4.43. The van der Waals surface area contributed by atoms with Crippen LogP contribution in [-0.2, 0) is 20.9 Å². The average molecular weight is 457 g/mol. The molecule has 0 radical (unpaired) electrons. The van der Waals surface area contributed by atoms with Crippen molar-refractivity contribution in [2.45, 2.75) is 62.7 Å². The summed E-state index contributed by atoms with van der Waals surface area (Å²) in [7, 11) is -4.46. The Bertz CT molecular complexity index is 854. The molecule has 1 unspecified atom stereocenters. The Balaban J connectivity index is 2.29. The van der Waals surface area contributed by atoms with Crippen LogP contribution in [0.4, 0.5) is 18.0 Å². The fourth-order valence-electron chi connectivity index (χ4n) is 3.08. The highest BCUT2D eigenvalue weighted by atomic mass is 35.5. The highest BCUT2D eigenvalue weighted by Gasteiger charge is 2.41. The molecular formula is C18H24ClF3N2O4S. The number of sulfonamides is 1. The zero-order valence-electron chi connectivity index (χ0n) is 16.3. The third kappa shape index (κ3) is 6.23. The molecule has 1 fully saturated rings. The highest BCUT2D eigenvalue weighted by molar-refractivity contribution is 7.89. The number of benzene rings is 1. The normalized spacial score (nSPS) is 19.1. The summed E-state index contributed by atoms with van der Waals surface area (Å²) < 4.78 is 72.6. The van der Waals surface area contributed by atoms with Crippen molar-refractivity contribution in [1.82, 2.24) is 9.62 Å². The largest absolute Gasteiger partial charge is 0.444 e. The molecule has 164 valence electrons. The lowest BCUT2D eigenvalue weighted by atomic mass is 10.1. The van der Waals surface area contributed by atoms with Crippen LogP contribution in [0, 0.1) is 0 Å². The quantitative estimate of drug-likeness (QED) is 0.727. The van der Waals surface area contributed by atoms with E-state index in [0.29, 0.717) is 25.3 Å². The van der Waals surface area contributed by atoms with Crippen molar-refractivity contribution in [3.63, 3.8) is 0 Å². The first-order valence-corrected chi connectivity index (χ1v) is 10.9. The molecule has 1 aliphatic rings. The molecule has 1 atom stereocenters. The first kappa shape index (κ1) is 23.8. The number of nitrogens with zero attached hydrogens (tertiary/aromatic N) is 1. The molecule has 11 heteroatoms. The van der Waals surface area contributed by atoms with Crippen LogP contribution in [0.1, 0.15) is 45.6 Å². The van der Waals surface area contributed by atoms with Gasteiger partial charge in [-0.15, -0.1) is 0 Å². The summed E-state index contributed by atoms with van der Waals surface area (Å²) in [5, 5.41) is 2.30. The monoisotopic (exact) mass is 456 g/mol. The number of hydrogen-bond donors (Lipinski definition) is 1. The van der Waals surface area contributed by atoms with Gasteiger partial charge < -0.3 is 10.1 Å². The maximum atomic E-state index is 13.4. The Morgan fingerprint density at radius 2 is 1.93 bits per heavy atom. The summed E-state index contributed by atoms with van der Waals surface area (Å²) in [5.74, 6) is 0. The summed E-state index contributed by atoms with van der Waals surface area (Å²) in [4.78, 5) is 11.0. The first-order chi connectivity index (χ1) is 13.2. The Kier molecular flexibility index (Phi) is 7.12. The SMILES string of the molecule is CC(C)(C)OC(=O)NCC1CCCCN1S(=O)(=O)c1ccc(Cl)cc1C(F)(F)F. The van der Waals surface area contributed by atoms with E-state index in [2.05, 4.69) is 5.32 Å². The van der Waals surface area contributed by atoms with Gasteiger partial charge in [-0.1, -0.05) is 18.0 Å². The Labute approximate surface area is 173 Å². The smallest absolute Gasteiger partial charge is 0.417 e. The molecule has 0 bridgehead atoms. The van der Waals surface area contributed by atoms with Crippen LogP contribution in [0.2, 0.25) is 5.02 Å². The molecule has 0 aliphatic carbocycles. The molecule has 6 nitrogen and oxygen atoms in total. The van der Waals surface area contributed by atoms with E-state index >= 15 is 0 Å². The van der Waals surface area contributed by atoms with Gasteiger partial charge in [-0.05, 0) is 51.8 Å². The third-order valence-corrected chi connectivity index (χ3v) is 6.53. The number of carbonyl (C=O) groups is 1. The van der Waals surface area contributed by atoms with Gasteiger partial charge in [0.25, 0.3) is 0 Å². The fourth-order valence-corrected chi connectivity index (χ4v) is 5.14. The summed E-state index contributed by atoms with van der Waals surface area (Å²) >= 11 is 5.65. The lowest BCUT2D eigenvalue weighted by Gasteiger charge is -2.35. The topological polar surface area (TPSA) is 75.7 Å². The molecule has 1 heterocycles. The van der Waals surface area contributed by atoms with Crippen LogP contribution in [0.25, 0.3) is 0 Å². The van der Waals surface area contributed by atoms with Crippen molar-refractivity contribution < 1.29 is 31.1 Å². The maximum absolute atomic E-state index is 13.4. The Morgan fingerprint density at radius 1 is 1.28 bits per heavy atom. The van der Waals surface area contributed by atoms with Gasteiger partial charge in [0.2, 0.25) is 10.0 Å². The molecule has 0 spiro atoms. The first-order valence-electron chi connectivity index (χ1n) is 9.07. The maximum Gasteiger partial charge on any atom is 0.417 e. The molecule has 0 saturated carbocycles. The number of ether oxygens (including phenoxy) is 1. The van der Waals surface area contributed by atoms with Crippen LogP contribution in [-0.4, -0.2) is 43.5 Å². The Morgan fingerprint density at radius 3 is 2.52 bits per heavy atom. The zero-order chi connectivity index (χ0) is 22.0. The number of alkyl halides is 3. The van der Waals surface area contributed by atoms with Gasteiger partial charge in [-0.3, -0.25) is 0 Å². The van der Waals surface area contributed by atoms with Crippen molar-refractivity contribution in [3.05, 3.63) is 28.8 Å². The minimum absolute atomic E-state index is 0.0585. The van der Waals surface area contributed by atoms with Crippen molar-refractivity contribution in [1.29, 1.82) is 0 Å². The second kappa shape index (κ2) is 8.69. The summed E-state index contributed by atoms with van der Waals surface area (Å²) in [5.41, 5.74) is -2.04.